The summed E-state index contributed by atoms with van der Waals surface area (Å²) in [6, 6.07) is 0.312. The van der Waals surface area contributed by atoms with E-state index in [9.17, 15) is 9.59 Å². The van der Waals surface area contributed by atoms with Crippen LogP contribution in [0.15, 0.2) is 4.99 Å². The number of hydrogen-bond donors (Lipinski definition) is 4. The lowest BCUT2D eigenvalue weighted by Gasteiger charge is -2.23. The van der Waals surface area contributed by atoms with Crippen LogP contribution in [0.25, 0.3) is 0 Å². The highest BCUT2D eigenvalue weighted by Crippen LogP contribution is 2.17. The summed E-state index contributed by atoms with van der Waals surface area (Å²) >= 11 is 0. The van der Waals surface area contributed by atoms with Crippen molar-refractivity contribution >= 4 is 41.9 Å². The van der Waals surface area contributed by atoms with Crippen molar-refractivity contribution in [1.29, 1.82) is 0 Å². The van der Waals surface area contributed by atoms with E-state index in [1.807, 2.05) is 20.8 Å². The Morgan fingerprint density at radius 3 is 2.26 bits per heavy atom. The number of nitrogens with one attached hydrogen (secondary N) is 4. The van der Waals surface area contributed by atoms with Gasteiger partial charge in [0.05, 0.1) is 6.54 Å². The van der Waals surface area contributed by atoms with E-state index in [4.69, 9.17) is 4.74 Å². The predicted molar refractivity (Wildman–Crippen MR) is 119 cm³/mol. The number of ether oxygens (including phenoxy) is 1. The van der Waals surface area contributed by atoms with Crippen LogP contribution in [0.4, 0.5) is 4.79 Å². The molecule has 27 heavy (non-hydrogen) atoms. The van der Waals surface area contributed by atoms with Gasteiger partial charge in [-0.05, 0) is 40.0 Å². The predicted octanol–water partition coefficient (Wildman–Crippen LogP) is 2.13. The third-order valence-corrected chi connectivity index (χ3v) is 3.92. The number of aliphatic imine (C=N–C) groups is 1. The zero-order valence-corrected chi connectivity index (χ0v) is 19.4. The Morgan fingerprint density at radius 1 is 1.04 bits per heavy atom. The van der Waals surface area contributed by atoms with Crippen molar-refractivity contribution in [2.24, 2.45) is 4.99 Å². The van der Waals surface area contributed by atoms with E-state index in [1.54, 1.807) is 7.05 Å². The van der Waals surface area contributed by atoms with E-state index in [2.05, 4.69) is 26.3 Å². The molecule has 9 heteroatoms. The standard InChI is InChI=1S/C18H35N5O3.HI/c1-18(2,3)26-17(25)21-12-8-11-20-16(19-4)22-13-15(24)23-14-9-6-5-7-10-14;/h14H,5-13H2,1-4H3,(H,21,25)(H,23,24)(H2,19,20,22);1H. The van der Waals surface area contributed by atoms with Crippen LogP contribution in [0, 0.1) is 0 Å². The molecule has 1 aliphatic rings. The van der Waals surface area contributed by atoms with Gasteiger partial charge in [0.25, 0.3) is 0 Å². The number of halogens is 1. The molecule has 1 fully saturated rings. The number of nitrogens with zero attached hydrogens (tertiary/aromatic N) is 1. The van der Waals surface area contributed by atoms with Gasteiger partial charge in [0.1, 0.15) is 5.60 Å². The largest absolute Gasteiger partial charge is 0.444 e. The van der Waals surface area contributed by atoms with Crippen molar-refractivity contribution in [2.45, 2.75) is 70.9 Å². The Balaban J connectivity index is 0.00000676. The molecule has 0 spiro atoms. The summed E-state index contributed by atoms with van der Waals surface area (Å²) in [4.78, 5) is 27.6. The van der Waals surface area contributed by atoms with Crippen molar-refractivity contribution in [3.8, 4) is 0 Å². The molecule has 0 aromatic carbocycles. The molecule has 0 unspecified atom stereocenters. The molecule has 2 amide bonds. The highest BCUT2D eigenvalue weighted by molar-refractivity contribution is 14.0. The first kappa shape index (κ1) is 25.7. The van der Waals surface area contributed by atoms with Crippen LogP contribution < -0.4 is 21.3 Å². The van der Waals surface area contributed by atoms with Crippen molar-refractivity contribution in [3.63, 3.8) is 0 Å². The quantitative estimate of drug-likeness (QED) is 0.187. The second kappa shape index (κ2) is 13.8. The number of alkyl carbamates (subject to hydrolysis) is 1. The van der Waals surface area contributed by atoms with Gasteiger partial charge >= 0.3 is 6.09 Å². The number of amides is 2. The fraction of sp³-hybridized carbons (Fsp3) is 0.833. The molecule has 8 nitrogen and oxygen atoms in total. The zero-order chi connectivity index (χ0) is 19.4. The SMILES string of the molecule is CN=C(NCCCNC(=O)OC(C)(C)C)NCC(=O)NC1CCCCC1.I. The molecule has 0 aromatic rings. The number of rotatable bonds is 7. The van der Waals surface area contributed by atoms with Gasteiger partial charge in [-0.25, -0.2) is 4.79 Å². The minimum atomic E-state index is -0.494. The number of carbonyl (C=O) groups is 2. The van der Waals surface area contributed by atoms with Gasteiger partial charge in [0, 0.05) is 26.2 Å². The van der Waals surface area contributed by atoms with Crippen molar-refractivity contribution in [1.82, 2.24) is 21.3 Å². The van der Waals surface area contributed by atoms with Crippen molar-refractivity contribution < 1.29 is 14.3 Å². The Labute approximate surface area is 180 Å². The van der Waals surface area contributed by atoms with Crippen LogP contribution in [-0.4, -0.2) is 56.3 Å². The lowest BCUT2D eigenvalue weighted by atomic mass is 9.95. The smallest absolute Gasteiger partial charge is 0.407 e. The van der Waals surface area contributed by atoms with E-state index < -0.39 is 11.7 Å². The average molecular weight is 497 g/mol. The summed E-state index contributed by atoms with van der Waals surface area (Å²) in [7, 11) is 1.66. The molecule has 0 aliphatic heterocycles. The van der Waals surface area contributed by atoms with E-state index in [0.29, 0.717) is 31.5 Å². The monoisotopic (exact) mass is 497 g/mol. The molecule has 0 saturated heterocycles. The molecule has 0 bridgehead atoms. The molecule has 0 aromatic heterocycles. The van der Waals surface area contributed by atoms with Crippen LogP contribution in [0.3, 0.4) is 0 Å². The Hall–Kier alpha value is -1.26. The number of guanidine groups is 1. The molecule has 0 heterocycles. The van der Waals surface area contributed by atoms with Crippen molar-refractivity contribution in [3.05, 3.63) is 0 Å². The third kappa shape index (κ3) is 13.5. The summed E-state index contributed by atoms with van der Waals surface area (Å²) in [5.41, 5.74) is -0.494. The van der Waals surface area contributed by atoms with E-state index in [0.717, 1.165) is 12.8 Å². The van der Waals surface area contributed by atoms with Crippen molar-refractivity contribution in [2.75, 3.05) is 26.7 Å². The molecule has 158 valence electrons. The van der Waals surface area contributed by atoms with E-state index >= 15 is 0 Å². The van der Waals surface area contributed by atoms with Gasteiger partial charge in [0.2, 0.25) is 5.91 Å². The highest BCUT2D eigenvalue weighted by Gasteiger charge is 2.16. The van der Waals surface area contributed by atoms with Gasteiger partial charge in [-0.2, -0.15) is 0 Å². The summed E-state index contributed by atoms with van der Waals surface area (Å²) in [5, 5.41) is 11.9. The zero-order valence-electron chi connectivity index (χ0n) is 17.0. The number of hydrogen-bond acceptors (Lipinski definition) is 4. The fourth-order valence-electron chi connectivity index (χ4n) is 2.71. The van der Waals surface area contributed by atoms with E-state index in [1.165, 1.54) is 19.3 Å². The topological polar surface area (TPSA) is 104 Å². The van der Waals surface area contributed by atoms with Crippen LogP contribution in [0.5, 0.6) is 0 Å². The Bertz CT molecular complexity index is 474. The molecule has 4 N–H and O–H groups in total. The summed E-state index contributed by atoms with van der Waals surface area (Å²) < 4.78 is 5.16. The first-order valence-electron chi connectivity index (χ1n) is 9.51. The fourth-order valence-corrected chi connectivity index (χ4v) is 2.71. The highest BCUT2D eigenvalue weighted by atomic mass is 127. The molecule has 0 atom stereocenters. The maximum absolute atomic E-state index is 12.0. The van der Waals surface area contributed by atoms with Gasteiger partial charge in [-0.3, -0.25) is 9.79 Å². The van der Waals surface area contributed by atoms with Gasteiger partial charge in [0.15, 0.2) is 5.96 Å². The summed E-state index contributed by atoms with van der Waals surface area (Å²) in [6.45, 7) is 6.81. The molecular weight excluding hydrogens is 461 g/mol. The average Bonchev–Trinajstić information content (AvgIpc) is 2.56. The lowest BCUT2D eigenvalue weighted by molar-refractivity contribution is -0.120. The maximum atomic E-state index is 12.0. The molecule has 1 aliphatic carbocycles. The van der Waals surface area contributed by atoms with E-state index in [-0.39, 0.29) is 36.4 Å². The van der Waals surface area contributed by atoms with Crippen LogP contribution in [0.2, 0.25) is 0 Å². The summed E-state index contributed by atoms with van der Waals surface area (Å²) in [5.74, 6) is 0.563. The minimum Gasteiger partial charge on any atom is -0.444 e. The maximum Gasteiger partial charge on any atom is 0.407 e. The Kier molecular flexibility index (Phi) is 13.2. The minimum absolute atomic E-state index is 0. The normalized spacial score (nSPS) is 15.3. The third-order valence-electron chi connectivity index (χ3n) is 3.92. The second-order valence-corrected chi connectivity index (χ2v) is 7.54. The summed E-state index contributed by atoms with van der Waals surface area (Å²) in [6.07, 6.45) is 6.10. The molecular formula is C18H36IN5O3. The van der Waals surface area contributed by atoms with Crippen LogP contribution >= 0.6 is 24.0 Å². The first-order valence-corrected chi connectivity index (χ1v) is 9.51. The van der Waals surface area contributed by atoms with Crippen LogP contribution in [0.1, 0.15) is 59.3 Å². The lowest BCUT2D eigenvalue weighted by Crippen LogP contribution is -2.46. The molecule has 0 radical (unpaired) electrons. The van der Waals surface area contributed by atoms with Crippen LogP contribution in [-0.2, 0) is 9.53 Å². The van der Waals surface area contributed by atoms with Gasteiger partial charge in [-0.1, -0.05) is 19.3 Å². The molecule has 1 saturated carbocycles. The second-order valence-electron chi connectivity index (χ2n) is 7.54. The first-order chi connectivity index (χ1) is 12.3. The molecule has 1 rings (SSSR count). The van der Waals surface area contributed by atoms with Gasteiger partial charge in [-0.15, -0.1) is 24.0 Å². The Morgan fingerprint density at radius 2 is 1.67 bits per heavy atom. The van der Waals surface area contributed by atoms with Gasteiger partial charge < -0.3 is 26.0 Å². The number of carbonyl (C=O) groups excluding carboxylic acids is 2.